The first-order chi connectivity index (χ1) is 8.18. The van der Waals surface area contributed by atoms with Crippen LogP contribution in [0.3, 0.4) is 0 Å². The van der Waals surface area contributed by atoms with Crippen molar-refractivity contribution in [1.82, 2.24) is 0 Å². The maximum atomic E-state index is 6.60. The predicted octanol–water partition coefficient (Wildman–Crippen LogP) is 3.49. The number of hydrogen-bond donors (Lipinski definition) is 1. The molecule has 0 aromatic heterocycles. The van der Waals surface area contributed by atoms with Gasteiger partial charge in [-0.25, -0.2) is 0 Å². The lowest BCUT2D eigenvalue weighted by molar-refractivity contribution is -0.0697. The highest BCUT2D eigenvalue weighted by atomic mass is 16.5. The molecule has 2 saturated carbocycles. The monoisotopic (exact) mass is 239 g/mol. The quantitative estimate of drug-likeness (QED) is 0.815. The van der Waals surface area contributed by atoms with Crippen LogP contribution in [0.1, 0.15) is 65.2 Å². The van der Waals surface area contributed by atoms with Gasteiger partial charge in [0.25, 0.3) is 0 Å². The van der Waals surface area contributed by atoms with Gasteiger partial charge in [0.05, 0.1) is 5.60 Å². The first kappa shape index (κ1) is 13.4. The van der Waals surface area contributed by atoms with Gasteiger partial charge < -0.3 is 10.5 Å². The molecule has 0 bridgehead atoms. The molecule has 0 aliphatic heterocycles. The SMILES string of the molecule is CCOC1(C(N)C2CCC(C)CC2)CCCC1. The Morgan fingerprint density at radius 2 is 1.76 bits per heavy atom. The van der Waals surface area contributed by atoms with Crippen LogP contribution in [0, 0.1) is 11.8 Å². The first-order valence-corrected chi connectivity index (χ1v) is 7.57. The third kappa shape index (κ3) is 2.85. The van der Waals surface area contributed by atoms with Gasteiger partial charge in [-0.1, -0.05) is 32.6 Å². The molecule has 0 heterocycles. The van der Waals surface area contributed by atoms with E-state index in [0.717, 1.165) is 12.5 Å². The second kappa shape index (κ2) is 5.71. The summed E-state index contributed by atoms with van der Waals surface area (Å²) in [6, 6.07) is 0.275. The van der Waals surface area contributed by atoms with E-state index in [-0.39, 0.29) is 11.6 Å². The summed E-state index contributed by atoms with van der Waals surface area (Å²) in [6.45, 7) is 5.29. The van der Waals surface area contributed by atoms with Crippen LogP contribution in [0.15, 0.2) is 0 Å². The van der Waals surface area contributed by atoms with Crippen molar-refractivity contribution in [3.8, 4) is 0 Å². The Kier molecular flexibility index (Phi) is 4.48. The van der Waals surface area contributed by atoms with E-state index in [9.17, 15) is 0 Å². The third-order valence-corrected chi connectivity index (χ3v) is 5.06. The smallest absolute Gasteiger partial charge is 0.0835 e. The van der Waals surface area contributed by atoms with E-state index in [2.05, 4.69) is 13.8 Å². The van der Waals surface area contributed by atoms with Gasteiger partial charge in [0.2, 0.25) is 0 Å². The van der Waals surface area contributed by atoms with Gasteiger partial charge in [0, 0.05) is 12.6 Å². The van der Waals surface area contributed by atoms with E-state index < -0.39 is 0 Å². The van der Waals surface area contributed by atoms with Crippen LogP contribution in [-0.2, 0) is 4.74 Å². The second-order valence-electron chi connectivity index (χ2n) is 6.25. The summed E-state index contributed by atoms with van der Waals surface area (Å²) in [5, 5.41) is 0. The molecule has 0 radical (unpaired) electrons. The van der Waals surface area contributed by atoms with Crippen molar-refractivity contribution in [1.29, 1.82) is 0 Å². The fourth-order valence-electron chi connectivity index (χ4n) is 3.91. The highest BCUT2D eigenvalue weighted by Crippen LogP contribution is 2.41. The molecule has 17 heavy (non-hydrogen) atoms. The number of hydrogen-bond acceptors (Lipinski definition) is 2. The van der Waals surface area contributed by atoms with Crippen molar-refractivity contribution in [3.05, 3.63) is 0 Å². The van der Waals surface area contributed by atoms with Gasteiger partial charge in [-0.05, 0) is 44.4 Å². The fraction of sp³-hybridized carbons (Fsp3) is 1.00. The average Bonchev–Trinajstić information content (AvgIpc) is 2.79. The molecule has 2 fully saturated rings. The van der Waals surface area contributed by atoms with Crippen LogP contribution in [-0.4, -0.2) is 18.2 Å². The zero-order valence-electron chi connectivity index (χ0n) is 11.6. The van der Waals surface area contributed by atoms with Crippen LogP contribution < -0.4 is 5.73 Å². The summed E-state index contributed by atoms with van der Waals surface area (Å²) < 4.78 is 6.11. The molecule has 1 unspecified atom stereocenters. The molecule has 2 nitrogen and oxygen atoms in total. The minimum absolute atomic E-state index is 0.0278. The van der Waals surface area contributed by atoms with Gasteiger partial charge >= 0.3 is 0 Å². The zero-order chi connectivity index (χ0) is 12.3. The molecule has 2 aliphatic rings. The summed E-state index contributed by atoms with van der Waals surface area (Å²) >= 11 is 0. The molecule has 1 atom stereocenters. The van der Waals surface area contributed by atoms with Crippen LogP contribution in [0.25, 0.3) is 0 Å². The molecule has 100 valence electrons. The van der Waals surface area contributed by atoms with E-state index in [0.29, 0.717) is 5.92 Å². The second-order valence-corrected chi connectivity index (χ2v) is 6.25. The summed E-state index contributed by atoms with van der Waals surface area (Å²) in [5.74, 6) is 1.61. The van der Waals surface area contributed by atoms with Crippen molar-refractivity contribution >= 4 is 0 Å². The first-order valence-electron chi connectivity index (χ1n) is 7.57. The molecule has 0 saturated heterocycles. The largest absolute Gasteiger partial charge is 0.374 e. The predicted molar refractivity (Wildman–Crippen MR) is 71.9 cm³/mol. The number of ether oxygens (including phenoxy) is 1. The molecule has 2 aliphatic carbocycles. The lowest BCUT2D eigenvalue weighted by Gasteiger charge is -2.41. The van der Waals surface area contributed by atoms with Gasteiger partial charge in [-0.3, -0.25) is 0 Å². The van der Waals surface area contributed by atoms with Crippen LogP contribution in [0.4, 0.5) is 0 Å². The standard InChI is InChI=1S/C15H29NO/c1-3-17-15(10-4-5-11-15)14(16)13-8-6-12(2)7-9-13/h12-14H,3-11,16H2,1-2H3. The third-order valence-electron chi connectivity index (χ3n) is 5.06. The Hall–Kier alpha value is -0.0800. The molecule has 2 rings (SSSR count). The molecule has 0 amide bonds. The van der Waals surface area contributed by atoms with E-state index >= 15 is 0 Å². The van der Waals surface area contributed by atoms with Crippen molar-refractivity contribution < 1.29 is 4.74 Å². The van der Waals surface area contributed by atoms with Gasteiger partial charge in [0.1, 0.15) is 0 Å². The molecule has 0 aromatic rings. The molecule has 0 aromatic carbocycles. The summed E-state index contributed by atoms with van der Waals surface area (Å²) in [5.41, 5.74) is 6.62. The normalized spacial score (nSPS) is 34.8. The Bertz CT molecular complexity index is 227. The minimum atomic E-state index is 0.0278. The topological polar surface area (TPSA) is 35.2 Å². The van der Waals surface area contributed by atoms with Crippen molar-refractivity contribution in [2.24, 2.45) is 17.6 Å². The summed E-state index contributed by atoms with van der Waals surface area (Å²) in [4.78, 5) is 0. The van der Waals surface area contributed by atoms with Gasteiger partial charge in [-0.2, -0.15) is 0 Å². The minimum Gasteiger partial charge on any atom is -0.374 e. The molecular weight excluding hydrogens is 210 g/mol. The van der Waals surface area contributed by atoms with Crippen molar-refractivity contribution in [2.75, 3.05) is 6.61 Å². The van der Waals surface area contributed by atoms with Crippen molar-refractivity contribution in [3.63, 3.8) is 0 Å². The lowest BCUT2D eigenvalue weighted by Crippen LogP contribution is -2.53. The van der Waals surface area contributed by atoms with E-state index in [4.69, 9.17) is 10.5 Å². The molecule has 2 heteroatoms. The zero-order valence-corrected chi connectivity index (χ0v) is 11.6. The molecular formula is C15H29NO. The van der Waals surface area contributed by atoms with Crippen molar-refractivity contribution in [2.45, 2.75) is 76.9 Å². The van der Waals surface area contributed by atoms with Gasteiger partial charge in [-0.15, -0.1) is 0 Å². The maximum absolute atomic E-state index is 6.60. The Morgan fingerprint density at radius 1 is 1.18 bits per heavy atom. The Balaban J connectivity index is 1.98. The van der Waals surface area contributed by atoms with Gasteiger partial charge in [0.15, 0.2) is 0 Å². The summed E-state index contributed by atoms with van der Waals surface area (Å²) in [7, 11) is 0. The average molecular weight is 239 g/mol. The molecule has 2 N–H and O–H groups in total. The lowest BCUT2D eigenvalue weighted by atomic mass is 9.73. The van der Waals surface area contributed by atoms with Crippen LogP contribution >= 0.6 is 0 Å². The fourth-order valence-corrected chi connectivity index (χ4v) is 3.91. The van der Waals surface area contributed by atoms with E-state index in [1.807, 2.05) is 0 Å². The van der Waals surface area contributed by atoms with Crippen LogP contribution in [0.5, 0.6) is 0 Å². The van der Waals surface area contributed by atoms with E-state index in [1.54, 1.807) is 0 Å². The Morgan fingerprint density at radius 3 is 2.29 bits per heavy atom. The molecule has 0 spiro atoms. The highest BCUT2D eigenvalue weighted by molar-refractivity contribution is 4.99. The summed E-state index contributed by atoms with van der Waals surface area (Å²) in [6.07, 6.45) is 10.3. The number of rotatable bonds is 4. The number of nitrogens with two attached hydrogens (primary N) is 1. The van der Waals surface area contributed by atoms with E-state index in [1.165, 1.54) is 51.4 Å². The maximum Gasteiger partial charge on any atom is 0.0835 e. The Labute approximate surface area is 106 Å². The highest BCUT2D eigenvalue weighted by Gasteiger charge is 2.44. The van der Waals surface area contributed by atoms with Crippen LogP contribution in [0.2, 0.25) is 0 Å².